The average molecular weight is 327 g/mol. The number of nitrogens with zero attached hydrogens (tertiary/aromatic N) is 2. The van der Waals surface area contributed by atoms with Gasteiger partial charge in [-0.25, -0.2) is 9.97 Å². The van der Waals surface area contributed by atoms with E-state index in [2.05, 4.69) is 31.2 Å². The Bertz CT molecular complexity index is 527. The molecule has 4 nitrogen and oxygen atoms in total. The Hall–Kier alpha value is -1.46. The van der Waals surface area contributed by atoms with Crippen LogP contribution in [0.3, 0.4) is 0 Å². The van der Waals surface area contributed by atoms with Crippen molar-refractivity contribution in [3.05, 3.63) is 51.8 Å². The highest BCUT2D eigenvalue weighted by molar-refractivity contribution is 9.10. The van der Waals surface area contributed by atoms with Crippen molar-refractivity contribution in [3.63, 3.8) is 0 Å². The molecule has 0 saturated carbocycles. The van der Waals surface area contributed by atoms with Gasteiger partial charge in [0.25, 0.3) is 0 Å². The van der Waals surface area contributed by atoms with Crippen molar-refractivity contribution < 1.29 is 4.79 Å². The second-order valence-electron chi connectivity index (χ2n) is 3.58. The summed E-state index contributed by atoms with van der Waals surface area (Å²) in [6.07, 6.45) is 1.58. The van der Waals surface area contributed by atoms with Gasteiger partial charge in [0, 0.05) is 10.5 Å². The van der Waals surface area contributed by atoms with Crippen LogP contribution in [0, 0.1) is 0 Å². The van der Waals surface area contributed by atoms with E-state index in [0.29, 0.717) is 11.0 Å². The monoisotopic (exact) mass is 325 g/mol. The third-order valence-corrected chi connectivity index (χ3v) is 2.85. The Morgan fingerprint density at radius 2 is 2.17 bits per heavy atom. The molecule has 0 aliphatic rings. The lowest BCUT2D eigenvalue weighted by Gasteiger charge is -2.04. The number of anilines is 1. The van der Waals surface area contributed by atoms with Crippen LogP contribution in [0.25, 0.3) is 0 Å². The molecule has 18 heavy (non-hydrogen) atoms. The highest BCUT2D eigenvalue weighted by Gasteiger charge is 2.05. The summed E-state index contributed by atoms with van der Waals surface area (Å²) in [6.45, 7) is 0. The zero-order valence-electron chi connectivity index (χ0n) is 9.23. The number of halogens is 2. The minimum atomic E-state index is -0.150. The van der Waals surface area contributed by atoms with Crippen molar-refractivity contribution in [2.75, 3.05) is 5.32 Å². The molecule has 0 aliphatic carbocycles. The summed E-state index contributed by atoms with van der Waals surface area (Å²) in [7, 11) is 0. The fraction of sp³-hybridized carbons (Fsp3) is 0.0833. The van der Waals surface area contributed by atoms with Gasteiger partial charge in [0.2, 0.25) is 5.91 Å². The topological polar surface area (TPSA) is 54.9 Å². The molecule has 1 heterocycles. The summed E-state index contributed by atoms with van der Waals surface area (Å²) < 4.78 is 0.942. The molecule has 0 bridgehead atoms. The van der Waals surface area contributed by atoms with Gasteiger partial charge in [-0.15, -0.1) is 0 Å². The van der Waals surface area contributed by atoms with Gasteiger partial charge in [0.1, 0.15) is 17.3 Å². The molecule has 1 N–H and O–H groups in total. The van der Waals surface area contributed by atoms with Gasteiger partial charge in [0.15, 0.2) is 0 Å². The highest BCUT2D eigenvalue weighted by Crippen LogP contribution is 2.13. The van der Waals surface area contributed by atoms with Crippen LogP contribution in [0.1, 0.15) is 5.56 Å². The molecule has 2 rings (SSSR count). The maximum Gasteiger partial charge on any atom is 0.229 e. The maximum absolute atomic E-state index is 11.8. The maximum atomic E-state index is 11.8. The first-order chi connectivity index (χ1) is 8.63. The Balaban J connectivity index is 2.01. The van der Waals surface area contributed by atoms with Gasteiger partial charge in [0.05, 0.1) is 6.42 Å². The first-order valence-electron chi connectivity index (χ1n) is 5.15. The number of hydrogen-bond donors (Lipinski definition) is 1. The average Bonchev–Trinajstić information content (AvgIpc) is 2.28. The van der Waals surface area contributed by atoms with Crippen LogP contribution in [0.5, 0.6) is 0 Å². The van der Waals surface area contributed by atoms with Gasteiger partial charge in [-0.1, -0.05) is 39.7 Å². The Morgan fingerprint density at radius 1 is 1.33 bits per heavy atom. The lowest BCUT2D eigenvalue weighted by atomic mass is 10.1. The number of carbonyl (C=O) groups is 1. The van der Waals surface area contributed by atoms with E-state index >= 15 is 0 Å². The Kier molecular flexibility index (Phi) is 4.28. The summed E-state index contributed by atoms with van der Waals surface area (Å²) in [6, 6.07) is 9.07. The van der Waals surface area contributed by atoms with Gasteiger partial charge < -0.3 is 5.32 Å². The van der Waals surface area contributed by atoms with Crippen LogP contribution in [-0.4, -0.2) is 15.9 Å². The predicted molar refractivity (Wildman–Crippen MR) is 73.5 cm³/mol. The Morgan fingerprint density at radius 3 is 2.89 bits per heavy atom. The SMILES string of the molecule is O=C(Cc1cccc(Br)c1)Nc1cc(Cl)ncn1. The fourth-order valence-corrected chi connectivity index (χ4v) is 2.01. The molecule has 1 aromatic carbocycles. The second kappa shape index (κ2) is 5.93. The van der Waals surface area contributed by atoms with Gasteiger partial charge >= 0.3 is 0 Å². The Labute approximate surface area is 118 Å². The van der Waals surface area contributed by atoms with Crippen molar-refractivity contribution in [1.29, 1.82) is 0 Å². The summed E-state index contributed by atoms with van der Waals surface area (Å²) >= 11 is 9.06. The zero-order chi connectivity index (χ0) is 13.0. The van der Waals surface area contributed by atoms with Crippen molar-refractivity contribution in [2.45, 2.75) is 6.42 Å². The second-order valence-corrected chi connectivity index (χ2v) is 4.88. The van der Waals surface area contributed by atoms with E-state index in [1.807, 2.05) is 24.3 Å². The molecule has 2 aromatic rings. The predicted octanol–water partition coefficient (Wildman–Crippen LogP) is 3.07. The summed E-state index contributed by atoms with van der Waals surface area (Å²) in [5.74, 6) is 0.248. The minimum absolute atomic E-state index is 0.150. The van der Waals surface area contributed by atoms with Gasteiger partial charge in [-0.3, -0.25) is 4.79 Å². The van der Waals surface area contributed by atoms with Crippen molar-refractivity contribution in [1.82, 2.24) is 9.97 Å². The molecule has 0 unspecified atom stereocenters. The van der Waals surface area contributed by atoms with Crippen LogP contribution < -0.4 is 5.32 Å². The molecule has 0 radical (unpaired) electrons. The first-order valence-corrected chi connectivity index (χ1v) is 6.32. The number of amides is 1. The molecule has 1 aromatic heterocycles. The standard InChI is InChI=1S/C12H9BrClN3O/c13-9-3-1-2-8(4-9)5-12(18)17-11-6-10(14)15-7-16-11/h1-4,6-7H,5H2,(H,15,16,17,18). The number of hydrogen-bond acceptors (Lipinski definition) is 3. The van der Waals surface area contributed by atoms with Crippen molar-refractivity contribution >= 4 is 39.3 Å². The van der Waals surface area contributed by atoms with E-state index in [1.54, 1.807) is 0 Å². The van der Waals surface area contributed by atoms with Gasteiger partial charge in [-0.2, -0.15) is 0 Å². The van der Waals surface area contributed by atoms with Crippen molar-refractivity contribution in [3.8, 4) is 0 Å². The largest absolute Gasteiger partial charge is 0.310 e. The smallest absolute Gasteiger partial charge is 0.229 e. The summed E-state index contributed by atoms with van der Waals surface area (Å²) in [4.78, 5) is 19.4. The van der Waals surface area contributed by atoms with E-state index in [-0.39, 0.29) is 12.3 Å². The third-order valence-electron chi connectivity index (χ3n) is 2.15. The van der Waals surface area contributed by atoms with E-state index in [0.717, 1.165) is 10.0 Å². The molecule has 0 atom stereocenters. The van der Waals surface area contributed by atoms with Crippen LogP contribution in [0.4, 0.5) is 5.82 Å². The fourth-order valence-electron chi connectivity index (χ4n) is 1.42. The molecule has 0 aliphatic heterocycles. The van der Waals surface area contributed by atoms with Crippen LogP contribution >= 0.6 is 27.5 Å². The number of aromatic nitrogens is 2. The van der Waals surface area contributed by atoms with Crippen LogP contribution in [-0.2, 0) is 11.2 Å². The van der Waals surface area contributed by atoms with Gasteiger partial charge in [-0.05, 0) is 17.7 Å². The van der Waals surface area contributed by atoms with E-state index in [1.165, 1.54) is 12.4 Å². The number of benzene rings is 1. The summed E-state index contributed by atoms with van der Waals surface area (Å²) in [5, 5.41) is 2.96. The van der Waals surface area contributed by atoms with Crippen molar-refractivity contribution in [2.24, 2.45) is 0 Å². The molecule has 0 spiro atoms. The molecule has 1 amide bonds. The quantitative estimate of drug-likeness (QED) is 0.882. The van der Waals surface area contributed by atoms with E-state index < -0.39 is 0 Å². The first kappa shape index (κ1) is 13.0. The van der Waals surface area contributed by atoms with Crippen LogP contribution in [0.15, 0.2) is 41.1 Å². The lowest BCUT2D eigenvalue weighted by molar-refractivity contribution is -0.115. The molecular weight excluding hydrogens is 318 g/mol. The number of nitrogens with one attached hydrogen (secondary N) is 1. The normalized spacial score (nSPS) is 10.1. The molecule has 0 saturated heterocycles. The van der Waals surface area contributed by atoms with E-state index in [9.17, 15) is 4.79 Å². The number of rotatable bonds is 3. The third kappa shape index (κ3) is 3.78. The minimum Gasteiger partial charge on any atom is -0.310 e. The van der Waals surface area contributed by atoms with E-state index in [4.69, 9.17) is 11.6 Å². The lowest BCUT2D eigenvalue weighted by Crippen LogP contribution is -2.15. The molecule has 0 fully saturated rings. The molecular formula is C12H9BrClN3O. The summed E-state index contributed by atoms with van der Waals surface area (Å²) in [5.41, 5.74) is 0.919. The number of carbonyl (C=O) groups excluding carboxylic acids is 1. The van der Waals surface area contributed by atoms with Crippen LogP contribution in [0.2, 0.25) is 5.15 Å². The molecule has 92 valence electrons. The zero-order valence-corrected chi connectivity index (χ0v) is 11.6. The molecule has 6 heteroatoms. The highest BCUT2D eigenvalue weighted by atomic mass is 79.9.